The molecule has 0 aliphatic rings. The van der Waals surface area contributed by atoms with Gasteiger partial charge in [0.25, 0.3) is 0 Å². The van der Waals surface area contributed by atoms with Crippen molar-refractivity contribution in [3.63, 3.8) is 0 Å². The Balaban J connectivity index is 2.69. The summed E-state index contributed by atoms with van der Waals surface area (Å²) in [7, 11) is 0. The van der Waals surface area contributed by atoms with Crippen LogP contribution in [-0.4, -0.2) is 29.6 Å². The lowest BCUT2D eigenvalue weighted by Crippen LogP contribution is -2.31. The van der Waals surface area contributed by atoms with Gasteiger partial charge < -0.3 is 10.6 Å². The Hall–Kier alpha value is -0.750. The fourth-order valence-corrected chi connectivity index (χ4v) is 2.71. The van der Waals surface area contributed by atoms with Crippen molar-refractivity contribution in [1.82, 2.24) is 4.90 Å². The first-order valence-corrected chi connectivity index (χ1v) is 7.42. The van der Waals surface area contributed by atoms with Crippen LogP contribution in [-0.2, 0) is 4.79 Å². The first-order valence-electron chi connectivity index (χ1n) is 5.64. The van der Waals surface area contributed by atoms with E-state index in [1.165, 1.54) is 23.9 Å². The fourth-order valence-electron chi connectivity index (χ4n) is 1.48. The summed E-state index contributed by atoms with van der Waals surface area (Å²) in [5.41, 5.74) is 6.25. The summed E-state index contributed by atoms with van der Waals surface area (Å²) in [6.07, 6.45) is 0. The molecule has 3 nitrogen and oxygen atoms in total. The Kier molecular flexibility index (Phi) is 5.95. The van der Waals surface area contributed by atoms with Crippen LogP contribution >= 0.6 is 27.7 Å². The van der Waals surface area contributed by atoms with E-state index in [1.807, 2.05) is 13.8 Å². The van der Waals surface area contributed by atoms with Crippen LogP contribution in [0.2, 0.25) is 0 Å². The van der Waals surface area contributed by atoms with Crippen LogP contribution in [0.25, 0.3) is 0 Å². The zero-order valence-electron chi connectivity index (χ0n) is 10.4. The molecule has 18 heavy (non-hydrogen) atoms. The molecule has 0 spiro atoms. The standard InChI is InChI=1S/C12H16BrFN2OS/c1-3-16(4-2)12(17)7-18-11-6-9(14)8(13)5-10(11)15/h5-6H,3-4,7,15H2,1-2H3. The van der Waals surface area contributed by atoms with Crippen LogP contribution in [0.1, 0.15) is 13.8 Å². The minimum Gasteiger partial charge on any atom is -0.398 e. The molecule has 1 amide bonds. The molecule has 0 saturated carbocycles. The zero-order chi connectivity index (χ0) is 13.7. The van der Waals surface area contributed by atoms with Crippen molar-refractivity contribution in [2.75, 3.05) is 24.6 Å². The minimum absolute atomic E-state index is 0.0349. The molecule has 6 heteroatoms. The van der Waals surface area contributed by atoms with E-state index in [1.54, 1.807) is 4.90 Å². The van der Waals surface area contributed by atoms with Crippen molar-refractivity contribution in [2.45, 2.75) is 18.7 Å². The molecule has 0 unspecified atom stereocenters. The lowest BCUT2D eigenvalue weighted by Gasteiger charge is -2.18. The average molecular weight is 335 g/mol. The normalized spacial score (nSPS) is 10.4. The first kappa shape index (κ1) is 15.3. The number of halogens is 2. The SMILES string of the molecule is CCN(CC)C(=O)CSc1cc(F)c(Br)cc1N. The highest BCUT2D eigenvalue weighted by molar-refractivity contribution is 9.10. The van der Waals surface area contributed by atoms with Crippen LogP contribution in [0.4, 0.5) is 10.1 Å². The molecule has 0 bridgehead atoms. The molecule has 0 atom stereocenters. The topological polar surface area (TPSA) is 46.3 Å². The van der Waals surface area contributed by atoms with Gasteiger partial charge in [-0.3, -0.25) is 4.79 Å². The van der Waals surface area contributed by atoms with Gasteiger partial charge in [-0.25, -0.2) is 4.39 Å². The molecule has 0 radical (unpaired) electrons. The van der Waals surface area contributed by atoms with Crippen LogP contribution in [0.3, 0.4) is 0 Å². The molecule has 0 aliphatic carbocycles. The Morgan fingerprint density at radius 1 is 1.44 bits per heavy atom. The third-order valence-electron chi connectivity index (χ3n) is 2.52. The molecule has 0 fully saturated rings. The average Bonchev–Trinajstić information content (AvgIpc) is 2.33. The second-order valence-electron chi connectivity index (χ2n) is 3.66. The maximum absolute atomic E-state index is 13.4. The maximum atomic E-state index is 13.4. The number of nitrogens with zero attached hydrogens (tertiary/aromatic N) is 1. The van der Waals surface area contributed by atoms with Gasteiger partial charge >= 0.3 is 0 Å². The number of anilines is 1. The van der Waals surface area contributed by atoms with Crippen molar-refractivity contribution in [1.29, 1.82) is 0 Å². The van der Waals surface area contributed by atoms with Crippen molar-refractivity contribution in [3.05, 3.63) is 22.4 Å². The van der Waals surface area contributed by atoms with Crippen molar-refractivity contribution in [2.24, 2.45) is 0 Å². The molecular formula is C12H16BrFN2OS. The number of nitrogen functional groups attached to an aromatic ring is 1. The number of benzene rings is 1. The lowest BCUT2D eigenvalue weighted by atomic mass is 10.3. The largest absolute Gasteiger partial charge is 0.398 e. The molecule has 1 rings (SSSR count). The molecule has 0 saturated heterocycles. The highest BCUT2D eigenvalue weighted by Crippen LogP contribution is 2.30. The Labute approximate surface area is 119 Å². The maximum Gasteiger partial charge on any atom is 0.232 e. The highest BCUT2D eigenvalue weighted by atomic mass is 79.9. The lowest BCUT2D eigenvalue weighted by molar-refractivity contribution is -0.127. The van der Waals surface area contributed by atoms with E-state index < -0.39 is 0 Å². The number of carbonyl (C=O) groups is 1. The molecule has 2 N–H and O–H groups in total. The molecular weight excluding hydrogens is 319 g/mol. The van der Waals surface area contributed by atoms with Crippen LogP contribution < -0.4 is 5.73 Å². The van der Waals surface area contributed by atoms with E-state index >= 15 is 0 Å². The number of rotatable bonds is 5. The number of amides is 1. The van der Waals surface area contributed by atoms with Crippen molar-refractivity contribution in [3.8, 4) is 0 Å². The Bertz CT molecular complexity index is 438. The number of hydrogen-bond acceptors (Lipinski definition) is 3. The predicted octanol–water partition coefficient (Wildman–Crippen LogP) is 3.13. The van der Waals surface area contributed by atoms with E-state index in [2.05, 4.69) is 15.9 Å². The number of nitrogens with two attached hydrogens (primary N) is 1. The molecule has 1 aromatic rings. The van der Waals surface area contributed by atoms with E-state index in [0.29, 0.717) is 28.1 Å². The van der Waals surface area contributed by atoms with E-state index in [9.17, 15) is 9.18 Å². The van der Waals surface area contributed by atoms with Gasteiger partial charge in [0.05, 0.1) is 10.2 Å². The third-order valence-corrected chi connectivity index (χ3v) is 4.18. The van der Waals surface area contributed by atoms with E-state index in [4.69, 9.17) is 5.73 Å². The van der Waals surface area contributed by atoms with Gasteiger partial charge in [-0.1, -0.05) is 0 Å². The van der Waals surface area contributed by atoms with Gasteiger partial charge in [0, 0.05) is 23.7 Å². The van der Waals surface area contributed by atoms with Gasteiger partial charge in [-0.2, -0.15) is 0 Å². The van der Waals surface area contributed by atoms with Crippen LogP contribution in [0.5, 0.6) is 0 Å². The monoisotopic (exact) mass is 334 g/mol. The highest BCUT2D eigenvalue weighted by Gasteiger charge is 2.12. The molecule has 0 aliphatic heterocycles. The molecule has 0 heterocycles. The summed E-state index contributed by atoms with van der Waals surface area (Å²) in [6, 6.07) is 2.86. The number of carbonyl (C=O) groups excluding carboxylic acids is 1. The summed E-state index contributed by atoms with van der Waals surface area (Å²) in [5, 5.41) is 0. The molecule has 100 valence electrons. The first-order chi connectivity index (χ1) is 8.49. The van der Waals surface area contributed by atoms with E-state index in [0.717, 1.165) is 0 Å². The second kappa shape index (κ2) is 6.99. The smallest absolute Gasteiger partial charge is 0.232 e. The fraction of sp³-hybridized carbons (Fsp3) is 0.417. The quantitative estimate of drug-likeness (QED) is 0.664. The summed E-state index contributed by atoms with van der Waals surface area (Å²) in [5.74, 6) is -0.0674. The second-order valence-corrected chi connectivity index (χ2v) is 5.53. The molecule has 1 aromatic carbocycles. The summed E-state index contributed by atoms with van der Waals surface area (Å²) in [4.78, 5) is 14.1. The van der Waals surface area contributed by atoms with Crippen molar-refractivity contribution >= 4 is 39.3 Å². The van der Waals surface area contributed by atoms with Crippen LogP contribution in [0.15, 0.2) is 21.5 Å². The molecule has 0 aromatic heterocycles. The minimum atomic E-state index is -0.373. The predicted molar refractivity (Wildman–Crippen MR) is 77.2 cm³/mol. The third kappa shape index (κ3) is 3.88. The van der Waals surface area contributed by atoms with Gasteiger partial charge in [-0.05, 0) is 41.9 Å². The Morgan fingerprint density at radius 3 is 2.61 bits per heavy atom. The number of hydrogen-bond donors (Lipinski definition) is 1. The summed E-state index contributed by atoms with van der Waals surface area (Å²) in [6.45, 7) is 5.22. The van der Waals surface area contributed by atoms with Crippen LogP contribution in [0, 0.1) is 5.82 Å². The summed E-state index contributed by atoms with van der Waals surface area (Å²) < 4.78 is 13.7. The summed E-state index contributed by atoms with van der Waals surface area (Å²) >= 11 is 4.33. The van der Waals surface area contributed by atoms with Gasteiger partial charge in [0.15, 0.2) is 0 Å². The Morgan fingerprint density at radius 2 is 2.06 bits per heavy atom. The van der Waals surface area contributed by atoms with E-state index in [-0.39, 0.29) is 17.5 Å². The van der Waals surface area contributed by atoms with Gasteiger partial charge in [0.1, 0.15) is 5.82 Å². The van der Waals surface area contributed by atoms with Crippen molar-refractivity contribution < 1.29 is 9.18 Å². The zero-order valence-corrected chi connectivity index (χ0v) is 12.8. The van der Waals surface area contributed by atoms with Gasteiger partial charge in [0.2, 0.25) is 5.91 Å². The number of thioether (sulfide) groups is 1. The van der Waals surface area contributed by atoms with Gasteiger partial charge in [-0.15, -0.1) is 11.8 Å².